The number of aromatic nitrogens is 2. The van der Waals surface area contributed by atoms with Crippen molar-refractivity contribution in [1.82, 2.24) is 14.7 Å². The maximum absolute atomic E-state index is 9.10. The third-order valence-corrected chi connectivity index (χ3v) is 6.90. The van der Waals surface area contributed by atoms with Crippen molar-refractivity contribution in [2.45, 2.75) is 25.3 Å². The lowest BCUT2D eigenvalue weighted by molar-refractivity contribution is 0.171. The van der Waals surface area contributed by atoms with Crippen LogP contribution in [0.1, 0.15) is 35.6 Å². The lowest BCUT2D eigenvalue weighted by Gasteiger charge is -2.37. The number of fused-ring (bicyclic) bond motifs is 1. The van der Waals surface area contributed by atoms with Crippen molar-refractivity contribution in [3.8, 4) is 23.3 Å². The molecule has 2 aromatic carbocycles. The number of ether oxygens (including phenoxy) is 2. The second-order valence-corrected chi connectivity index (χ2v) is 9.16. The van der Waals surface area contributed by atoms with Crippen LogP contribution in [0.25, 0.3) is 5.69 Å². The highest BCUT2D eigenvalue weighted by Crippen LogP contribution is 2.43. The van der Waals surface area contributed by atoms with E-state index in [-0.39, 0.29) is 0 Å². The molecule has 34 heavy (non-hydrogen) atoms. The molecule has 1 saturated heterocycles. The molecule has 0 bridgehead atoms. The number of piperazine rings is 1. The van der Waals surface area contributed by atoms with Gasteiger partial charge in [-0.05, 0) is 49.2 Å². The van der Waals surface area contributed by atoms with Gasteiger partial charge in [-0.15, -0.1) is 0 Å². The summed E-state index contributed by atoms with van der Waals surface area (Å²) in [4.78, 5) is 4.85. The third kappa shape index (κ3) is 3.82. The highest BCUT2D eigenvalue weighted by molar-refractivity contribution is 5.65. The molecule has 2 aliphatic heterocycles. The number of nitrogens with two attached hydrogens (primary N) is 1. The van der Waals surface area contributed by atoms with Crippen molar-refractivity contribution >= 4 is 11.5 Å². The summed E-state index contributed by atoms with van der Waals surface area (Å²) < 4.78 is 13.5. The summed E-state index contributed by atoms with van der Waals surface area (Å²) in [7, 11) is 0. The molecule has 2 fully saturated rings. The van der Waals surface area contributed by atoms with E-state index in [9.17, 15) is 0 Å². The summed E-state index contributed by atoms with van der Waals surface area (Å²) in [5, 5.41) is 14.0. The largest absolute Gasteiger partial charge is 0.486 e. The maximum atomic E-state index is 9.10. The molecule has 8 heteroatoms. The van der Waals surface area contributed by atoms with Crippen molar-refractivity contribution in [3.05, 3.63) is 59.3 Å². The van der Waals surface area contributed by atoms with E-state index >= 15 is 0 Å². The number of para-hydroxylation sites is 1. The summed E-state index contributed by atoms with van der Waals surface area (Å²) in [6.45, 7) is 5.71. The number of hydrogen-bond donors (Lipinski definition) is 1. The third-order valence-electron chi connectivity index (χ3n) is 6.90. The van der Waals surface area contributed by atoms with Gasteiger partial charge in [-0.1, -0.05) is 6.07 Å². The Labute approximate surface area is 199 Å². The van der Waals surface area contributed by atoms with Gasteiger partial charge in [-0.2, -0.15) is 10.4 Å². The molecular formula is C26H28N6O2. The van der Waals surface area contributed by atoms with Crippen molar-refractivity contribution in [2.24, 2.45) is 0 Å². The molecule has 3 heterocycles. The highest BCUT2D eigenvalue weighted by Gasteiger charge is 2.33. The standard InChI is InChI=1S/C26H28N6O2/c27-16-18-4-8-20(9-5-18)32-26(28)21(24(29-32)19-6-7-19)17-30-10-12-31(13-11-30)22-2-1-3-23-25(22)34-15-14-33-23/h1-5,8-9,19H,6-7,10-15,17,28H2. The van der Waals surface area contributed by atoms with Gasteiger partial charge < -0.3 is 20.1 Å². The summed E-state index contributed by atoms with van der Waals surface area (Å²) >= 11 is 0. The van der Waals surface area contributed by atoms with E-state index in [4.69, 9.17) is 25.6 Å². The first-order chi connectivity index (χ1) is 16.7. The van der Waals surface area contributed by atoms with E-state index in [0.29, 0.717) is 30.5 Å². The molecule has 0 unspecified atom stereocenters. The van der Waals surface area contributed by atoms with Gasteiger partial charge in [0.1, 0.15) is 19.0 Å². The minimum atomic E-state index is 0.506. The van der Waals surface area contributed by atoms with Gasteiger partial charge in [-0.25, -0.2) is 4.68 Å². The van der Waals surface area contributed by atoms with Crippen molar-refractivity contribution < 1.29 is 9.47 Å². The SMILES string of the molecule is N#Cc1ccc(-n2nc(C3CC3)c(CN3CCN(c4cccc5c4OCCO5)CC3)c2N)cc1. The fourth-order valence-corrected chi connectivity index (χ4v) is 4.88. The zero-order valence-corrected chi connectivity index (χ0v) is 19.1. The zero-order chi connectivity index (χ0) is 23.1. The van der Waals surface area contributed by atoms with Crippen molar-refractivity contribution in [2.75, 3.05) is 50.0 Å². The number of nitrogens with zero attached hydrogens (tertiary/aromatic N) is 5. The molecular weight excluding hydrogens is 428 g/mol. The normalized spacial score (nSPS) is 18.0. The summed E-state index contributed by atoms with van der Waals surface area (Å²) in [5.74, 6) is 2.91. The number of anilines is 2. The first-order valence-electron chi connectivity index (χ1n) is 11.9. The first kappa shape index (κ1) is 20.9. The van der Waals surface area contributed by atoms with E-state index in [2.05, 4.69) is 21.9 Å². The zero-order valence-electron chi connectivity index (χ0n) is 19.1. The van der Waals surface area contributed by atoms with Gasteiger partial charge in [0, 0.05) is 44.2 Å². The molecule has 1 saturated carbocycles. The van der Waals surface area contributed by atoms with Crippen LogP contribution in [0.15, 0.2) is 42.5 Å². The van der Waals surface area contributed by atoms with Crippen molar-refractivity contribution in [3.63, 3.8) is 0 Å². The average Bonchev–Trinajstić information content (AvgIpc) is 3.69. The van der Waals surface area contributed by atoms with Gasteiger partial charge in [-0.3, -0.25) is 4.90 Å². The molecule has 6 rings (SSSR count). The molecule has 3 aliphatic rings. The van der Waals surface area contributed by atoms with Crippen LogP contribution in [0.3, 0.4) is 0 Å². The van der Waals surface area contributed by atoms with Crippen LogP contribution >= 0.6 is 0 Å². The Balaban J connectivity index is 1.19. The van der Waals surface area contributed by atoms with Crippen LogP contribution in [-0.4, -0.2) is 54.1 Å². The average molecular weight is 457 g/mol. The molecule has 1 aromatic heterocycles. The van der Waals surface area contributed by atoms with Crippen LogP contribution in [-0.2, 0) is 6.54 Å². The molecule has 2 N–H and O–H groups in total. The Bertz CT molecular complexity index is 1230. The Morgan fingerprint density at radius 3 is 2.50 bits per heavy atom. The van der Waals surface area contributed by atoms with Crippen LogP contribution in [0.2, 0.25) is 0 Å². The molecule has 174 valence electrons. The van der Waals surface area contributed by atoms with Crippen LogP contribution in [0, 0.1) is 11.3 Å². The number of rotatable bonds is 5. The molecule has 8 nitrogen and oxygen atoms in total. The maximum Gasteiger partial charge on any atom is 0.184 e. The Kier molecular flexibility index (Phi) is 5.27. The fourth-order valence-electron chi connectivity index (χ4n) is 4.88. The van der Waals surface area contributed by atoms with Gasteiger partial charge in [0.15, 0.2) is 11.5 Å². The molecule has 1 aliphatic carbocycles. The minimum Gasteiger partial charge on any atom is -0.486 e. The fraction of sp³-hybridized carbons (Fsp3) is 0.385. The quantitative estimate of drug-likeness (QED) is 0.630. The number of nitrogen functional groups attached to an aromatic ring is 1. The molecule has 0 radical (unpaired) electrons. The topological polar surface area (TPSA) is 92.6 Å². The Hall–Kier alpha value is -3.70. The van der Waals surface area contributed by atoms with Crippen molar-refractivity contribution in [1.29, 1.82) is 5.26 Å². The van der Waals surface area contributed by atoms with Gasteiger partial charge in [0.05, 0.1) is 28.7 Å². The number of hydrogen-bond acceptors (Lipinski definition) is 7. The second kappa shape index (κ2) is 8.58. The van der Waals surface area contributed by atoms with E-state index in [1.807, 2.05) is 41.1 Å². The van der Waals surface area contributed by atoms with Crippen LogP contribution in [0.5, 0.6) is 11.5 Å². The summed E-state index contributed by atoms with van der Waals surface area (Å²) in [6, 6.07) is 15.7. The monoisotopic (exact) mass is 456 g/mol. The van der Waals surface area contributed by atoms with E-state index < -0.39 is 0 Å². The van der Waals surface area contributed by atoms with Gasteiger partial charge in [0.25, 0.3) is 0 Å². The Morgan fingerprint density at radius 1 is 1.00 bits per heavy atom. The molecule has 0 amide bonds. The predicted octanol–water partition coefficient (Wildman–Crippen LogP) is 3.30. The number of benzene rings is 2. The van der Waals surface area contributed by atoms with Crippen LogP contribution in [0.4, 0.5) is 11.5 Å². The Morgan fingerprint density at radius 2 is 1.76 bits per heavy atom. The smallest absolute Gasteiger partial charge is 0.184 e. The van der Waals surface area contributed by atoms with Gasteiger partial charge >= 0.3 is 0 Å². The first-order valence-corrected chi connectivity index (χ1v) is 11.9. The molecule has 0 atom stereocenters. The van der Waals surface area contributed by atoms with E-state index in [1.165, 1.54) is 12.8 Å². The van der Waals surface area contributed by atoms with E-state index in [0.717, 1.165) is 66.9 Å². The predicted molar refractivity (Wildman–Crippen MR) is 130 cm³/mol. The second-order valence-electron chi connectivity index (χ2n) is 9.16. The number of nitriles is 1. The minimum absolute atomic E-state index is 0.506. The van der Waals surface area contributed by atoms with Crippen LogP contribution < -0.4 is 20.1 Å². The molecule has 0 spiro atoms. The van der Waals surface area contributed by atoms with Gasteiger partial charge in [0.2, 0.25) is 0 Å². The van der Waals surface area contributed by atoms with E-state index in [1.54, 1.807) is 0 Å². The summed E-state index contributed by atoms with van der Waals surface area (Å²) in [6.07, 6.45) is 2.34. The lowest BCUT2D eigenvalue weighted by atomic mass is 10.1. The highest BCUT2D eigenvalue weighted by atomic mass is 16.6. The lowest BCUT2D eigenvalue weighted by Crippen LogP contribution is -2.46. The summed E-state index contributed by atoms with van der Waals surface area (Å²) in [5.41, 5.74) is 11.6. The molecule has 3 aromatic rings.